The molecule has 1 aromatic carbocycles. The first-order valence-corrected chi connectivity index (χ1v) is 10.2. The molecule has 1 saturated heterocycles. The van der Waals surface area contributed by atoms with Crippen LogP contribution in [0.15, 0.2) is 40.1 Å². The van der Waals surface area contributed by atoms with E-state index in [-0.39, 0.29) is 6.61 Å². The molecule has 0 radical (unpaired) electrons. The lowest BCUT2D eigenvalue weighted by Gasteiger charge is -2.25. The maximum Gasteiger partial charge on any atom is 0.330 e. The van der Waals surface area contributed by atoms with Crippen molar-refractivity contribution in [2.45, 2.75) is 58.7 Å². The quantitative estimate of drug-likeness (QED) is 0.630. The van der Waals surface area contributed by atoms with Gasteiger partial charge in [0.05, 0.1) is 0 Å². The molecule has 0 spiro atoms. The molecule has 4 atom stereocenters. The maximum atomic E-state index is 12.6. The van der Waals surface area contributed by atoms with E-state index in [1.807, 2.05) is 19.1 Å². The largest absolute Gasteiger partial charge is 0.483 e. The summed E-state index contributed by atoms with van der Waals surface area (Å²) in [6.45, 7) is 5.93. The van der Waals surface area contributed by atoms with Crippen LogP contribution in [0.25, 0.3) is 0 Å². The molecule has 10 nitrogen and oxygen atoms in total. The summed E-state index contributed by atoms with van der Waals surface area (Å²) in [6, 6.07) is 7.24. The first kappa shape index (κ1) is 23.3. The first-order chi connectivity index (χ1) is 15.2. The molecule has 2 aromatic rings. The third-order valence-corrected chi connectivity index (χ3v) is 5.09. The average molecular weight is 446 g/mol. The third kappa shape index (κ3) is 5.08. The summed E-state index contributed by atoms with van der Waals surface area (Å²) in [4.78, 5) is 50.2. The van der Waals surface area contributed by atoms with Crippen LogP contribution < -0.4 is 16.0 Å². The predicted molar refractivity (Wildman–Crippen MR) is 112 cm³/mol. The second-order valence-corrected chi connectivity index (χ2v) is 7.46. The second kappa shape index (κ2) is 9.82. The lowest BCUT2D eigenvalue weighted by molar-refractivity contribution is -0.155. The van der Waals surface area contributed by atoms with Gasteiger partial charge >= 0.3 is 17.6 Å². The van der Waals surface area contributed by atoms with Gasteiger partial charge in [0.2, 0.25) is 0 Å². The number of para-hydroxylation sites is 1. The zero-order chi connectivity index (χ0) is 23.4. The summed E-state index contributed by atoms with van der Waals surface area (Å²) in [5.41, 5.74) is -0.0371. The van der Waals surface area contributed by atoms with Gasteiger partial charge in [0.25, 0.3) is 5.56 Å². The number of aryl methyl sites for hydroxylation is 2. The van der Waals surface area contributed by atoms with E-state index in [2.05, 4.69) is 4.98 Å². The fourth-order valence-corrected chi connectivity index (χ4v) is 3.53. The van der Waals surface area contributed by atoms with Gasteiger partial charge in [-0.1, -0.05) is 25.1 Å². The number of benzene rings is 1. The molecule has 10 heteroatoms. The molecule has 0 aliphatic carbocycles. The number of hydrogen-bond donors (Lipinski definition) is 1. The zero-order valence-electron chi connectivity index (χ0n) is 18.3. The Kier molecular flexibility index (Phi) is 7.14. The minimum Gasteiger partial charge on any atom is -0.483 e. The highest BCUT2D eigenvalue weighted by Gasteiger charge is 2.50. The van der Waals surface area contributed by atoms with Crippen molar-refractivity contribution in [2.75, 3.05) is 6.61 Å². The Labute approximate surface area is 184 Å². The summed E-state index contributed by atoms with van der Waals surface area (Å²) in [5.74, 6) is -0.608. The van der Waals surface area contributed by atoms with Crippen molar-refractivity contribution in [2.24, 2.45) is 0 Å². The van der Waals surface area contributed by atoms with E-state index >= 15 is 0 Å². The normalized spacial score (nSPS) is 22.4. The predicted octanol–water partition coefficient (Wildman–Crippen LogP) is 1.25. The summed E-state index contributed by atoms with van der Waals surface area (Å²) >= 11 is 0. The molecule has 0 unspecified atom stereocenters. The standard InChI is InChI=1S/C22H26N2O8/c1-5-15-10-24(22(28)23-20(15)27)21-19(30-14(4)26)18(17(32-21)11-29-13(3)25)31-16-9-7-6-8-12(16)2/h6-10,17-19,21H,5,11H2,1-4H3,(H,23,27,28)/t17-,18+,19-,21-/m1/s1. The van der Waals surface area contributed by atoms with Crippen molar-refractivity contribution in [3.05, 3.63) is 62.4 Å². The number of hydrogen-bond acceptors (Lipinski definition) is 8. The van der Waals surface area contributed by atoms with Crippen molar-refractivity contribution in [1.82, 2.24) is 9.55 Å². The molecule has 1 N–H and O–H groups in total. The topological polar surface area (TPSA) is 126 Å². The molecule has 3 rings (SSSR count). The van der Waals surface area contributed by atoms with Crippen LogP contribution >= 0.6 is 0 Å². The van der Waals surface area contributed by atoms with E-state index in [4.69, 9.17) is 18.9 Å². The number of H-pyrrole nitrogens is 1. The van der Waals surface area contributed by atoms with Crippen molar-refractivity contribution >= 4 is 11.9 Å². The van der Waals surface area contributed by atoms with Crippen LogP contribution in [0, 0.1) is 6.92 Å². The van der Waals surface area contributed by atoms with Crippen LogP contribution in [0.3, 0.4) is 0 Å². The number of esters is 2. The van der Waals surface area contributed by atoms with Gasteiger partial charge in [0.1, 0.15) is 18.5 Å². The average Bonchev–Trinajstić information content (AvgIpc) is 3.04. The van der Waals surface area contributed by atoms with Gasteiger partial charge in [-0.25, -0.2) is 4.79 Å². The number of nitrogens with zero attached hydrogens (tertiary/aromatic N) is 1. The lowest BCUT2D eigenvalue weighted by Crippen LogP contribution is -2.43. The Morgan fingerprint density at radius 2 is 1.84 bits per heavy atom. The third-order valence-electron chi connectivity index (χ3n) is 5.09. The summed E-state index contributed by atoms with van der Waals surface area (Å²) in [6.07, 6.45) is -2.16. The van der Waals surface area contributed by atoms with Crippen LogP contribution in [0.1, 0.15) is 38.1 Å². The second-order valence-electron chi connectivity index (χ2n) is 7.46. The molecular weight excluding hydrogens is 420 g/mol. The Balaban J connectivity index is 2.06. The van der Waals surface area contributed by atoms with Crippen molar-refractivity contribution in [1.29, 1.82) is 0 Å². The number of carbonyl (C=O) groups excluding carboxylic acids is 2. The molecule has 0 bridgehead atoms. The molecule has 0 saturated carbocycles. The molecule has 2 heterocycles. The van der Waals surface area contributed by atoms with Crippen molar-refractivity contribution in [3.63, 3.8) is 0 Å². The van der Waals surface area contributed by atoms with E-state index in [1.165, 1.54) is 20.0 Å². The minimum absolute atomic E-state index is 0.182. The number of nitrogens with one attached hydrogen (secondary N) is 1. The maximum absolute atomic E-state index is 12.6. The van der Waals surface area contributed by atoms with Crippen LogP contribution in [0.2, 0.25) is 0 Å². The fraction of sp³-hybridized carbons (Fsp3) is 0.455. The van der Waals surface area contributed by atoms with Gasteiger partial charge in [-0.05, 0) is 25.0 Å². The van der Waals surface area contributed by atoms with Gasteiger partial charge in [0.15, 0.2) is 18.4 Å². The Morgan fingerprint density at radius 1 is 1.12 bits per heavy atom. The number of ether oxygens (including phenoxy) is 4. The first-order valence-electron chi connectivity index (χ1n) is 10.2. The van der Waals surface area contributed by atoms with Gasteiger partial charge in [-0.3, -0.25) is 23.9 Å². The van der Waals surface area contributed by atoms with Gasteiger partial charge in [-0.2, -0.15) is 0 Å². The van der Waals surface area contributed by atoms with Crippen LogP contribution in [-0.2, 0) is 30.2 Å². The summed E-state index contributed by atoms with van der Waals surface area (Å²) < 4.78 is 24.0. The summed E-state index contributed by atoms with van der Waals surface area (Å²) in [7, 11) is 0. The van der Waals surface area contributed by atoms with E-state index in [0.717, 1.165) is 10.1 Å². The Hall–Kier alpha value is -3.40. The van der Waals surface area contributed by atoms with E-state index in [0.29, 0.717) is 17.7 Å². The smallest absolute Gasteiger partial charge is 0.330 e. The molecule has 1 aromatic heterocycles. The van der Waals surface area contributed by atoms with E-state index < -0.39 is 47.7 Å². The van der Waals surface area contributed by atoms with Crippen molar-refractivity contribution < 1.29 is 28.5 Å². The van der Waals surface area contributed by atoms with Crippen LogP contribution in [0.5, 0.6) is 5.75 Å². The highest BCUT2D eigenvalue weighted by Crippen LogP contribution is 2.35. The molecule has 32 heavy (non-hydrogen) atoms. The van der Waals surface area contributed by atoms with Crippen molar-refractivity contribution in [3.8, 4) is 5.75 Å². The fourth-order valence-electron chi connectivity index (χ4n) is 3.53. The monoisotopic (exact) mass is 446 g/mol. The van der Waals surface area contributed by atoms with Gasteiger partial charge in [0, 0.05) is 25.6 Å². The zero-order valence-corrected chi connectivity index (χ0v) is 18.3. The molecular formula is C22H26N2O8. The highest BCUT2D eigenvalue weighted by atomic mass is 16.6. The van der Waals surface area contributed by atoms with Crippen LogP contribution in [-0.4, -0.2) is 46.4 Å². The number of carbonyl (C=O) groups is 2. The number of aromatic nitrogens is 2. The Morgan fingerprint density at radius 3 is 2.47 bits per heavy atom. The summed E-state index contributed by atoms with van der Waals surface area (Å²) in [5, 5.41) is 0. The number of rotatable bonds is 7. The Bertz CT molecular complexity index is 1110. The molecule has 1 fully saturated rings. The SMILES string of the molecule is CCc1cn([C@@H]2O[C@H](COC(C)=O)[C@H](Oc3ccccc3C)[C@H]2OC(C)=O)c(=O)[nH]c1=O. The molecule has 0 amide bonds. The van der Waals surface area contributed by atoms with Crippen LogP contribution in [0.4, 0.5) is 0 Å². The molecule has 1 aliphatic rings. The lowest BCUT2D eigenvalue weighted by atomic mass is 10.1. The van der Waals surface area contributed by atoms with E-state index in [1.54, 1.807) is 19.1 Å². The van der Waals surface area contributed by atoms with Gasteiger partial charge < -0.3 is 18.9 Å². The molecule has 172 valence electrons. The molecule has 1 aliphatic heterocycles. The minimum atomic E-state index is -1.11. The number of aromatic amines is 1. The van der Waals surface area contributed by atoms with E-state index in [9.17, 15) is 19.2 Å². The van der Waals surface area contributed by atoms with Gasteiger partial charge in [-0.15, -0.1) is 0 Å². The highest BCUT2D eigenvalue weighted by molar-refractivity contribution is 5.66.